The quantitative estimate of drug-likeness (QED) is 0.922. The second-order valence-corrected chi connectivity index (χ2v) is 5.15. The molecular formula is C14H17ClN2O2. The van der Waals surface area contributed by atoms with E-state index in [1.807, 2.05) is 13.0 Å². The van der Waals surface area contributed by atoms with Crippen molar-refractivity contribution in [3.8, 4) is 16.9 Å². The topological polar surface area (TPSA) is 61.3 Å². The maximum absolute atomic E-state index is 6.31. The molecule has 0 atom stereocenters. The molecule has 2 N–H and O–H groups in total. The van der Waals surface area contributed by atoms with E-state index in [0.717, 1.165) is 22.4 Å². The molecule has 2 aromatic rings. The number of anilines is 1. The Morgan fingerprint density at radius 1 is 1.42 bits per heavy atom. The van der Waals surface area contributed by atoms with Crippen molar-refractivity contribution in [2.75, 3.05) is 12.8 Å². The van der Waals surface area contributed by atoms with Gasteiger partial charge < -0.3 is 15.0 Å². The highest BCUT2D eigenvalue weighted by atomic mass is 35.5. The number of nitrogen functional groups attached to an aromatic ring is 1. The fourth-order valence-electron chi connectivity index (χ4n) is 2.15. The summed E-state index contributed by atoms with van der Waals surface area (Å²) < 4.78 is 10.5. The van der Waals surface area contributed by atoms with Gasteiger partial charge >= 0.3 is 0 Å². The normalized spacial score (nSPS) is 11.1. The van der Waals surface area contributed by atoms with E-state index in [-0.39, 0.29) is 11.8 Å². The van der Waals surface area contributed by atoms with Crippen LogP contribution in [0, 0.1) is 6.92 Å². The van der Waals surface area contributed by atoms with Crippen molar-refractivity contribution in [3.05, 3.63) is 28.4 Å². The van der Waals surface area contributed by atoms with Crippen molar-refractivity contribution in [2.45, 2.75) is 26.7 Å². The lowest BCUT2D eigenvalue weighted by Gasteiger charge is -2.18. The molecule has 102 valence electrons. The van der Waals surface area contributed by atoms with Crippen LogP contribution in [0.25, 0.3) is 11.1 Å². The number of halogens is 1. The summed E-state index contributed by atoms with van der Waals surface area (Å²) in [7, 11) is 1.64. The summed E-state index contributed by atoms with van der Waals surface area (Å²) in [4.78, 5) is 0. The third-order valence-corrected chi connectivity index (χ3v) is 3.59. The highest BCUT2D eigenvalue weighted by Crippen LogP contribution is 2.44. The molecule has 4 nitrogen and oxygen atoms in total. The molecule has 0 unspecified atom stereocenters. The molecule has 1 aromatic heterocycles. The smallest absolute Gasteiger partial charge is 0.230 e. The molecule has 5 heteroatoms. The summed E-state index contributed by atoms with van der Waals surface area (Å²) in [6, 6.07) is 1.94. The number of ether oxygens (including phenoxy) is 1. The minimum Gasteiger partial charge on any atom is -0.496 e. The van der Waals surface area contributed by atoms with E-state index in [0.29, 0.717) is 10.6 Å². The summed E-state index contributed by atoms with van der Waals surface area (Å²) in [5.41, 5.74) is 9.30. The highest BCUT2D eigenvalue weighted by molar-refractivity contribution is 6.32. The standard InChI is InChI=1S/C14H17ClN2O2/c1-7(2)9-5-11(15)8(3)12(13(9)18-4)10-6-17-19-14(10)16/h5-7H,16H2,1-4H3. The molecule has 0 aliphatic carbocycles. The molecule has 0 bridgehead atoms. The van der Waals surface area contributed by atoms with Crippen molar-refractivity contribution < 1.29 is 9.26 Å². The highest BCUT2D eigenvalue weighted by Gasteiger charge is 2.22. The number of hydrogen-bond donors (Lipinski definition) is 1. The van der Waals surface area contributed by atoms with E-state index in [1.54, 1.807) is 13.3 Å². The summed E-state index contributed by atoms with van der Waals surface area (Å²) in [6.07, 6.45) is 1.58. The predicted molar refractivity (Wildman–Crippen MR) is 76.7 cm³/mol. The molecule has 0 radical (unpaired) electrons. The Morgan fingerprint density at radius 2 is 2.11 bits per heavy atom. The first kappa shape index (κ1) is 13.7. The second kappa shape index (κ2) is 5.13. The molecule has 0 amide bonds. The van der Waals surface area contributed by atoms with Gasteiger partial charge in [0, 0.05) is 10.6 Å². The Balaban J connectivity index is 2.81. The Labute approximate surface area is 117 Å². The predicted octanol–water partition coefficient (Wildman–Crippen LogP) is 4.02. The Bertz CT molecular complexity index is 606. The first-order valence-electron chi connectivity index (χ1n) is 6.04. The fourth-order valence-corrected chi connectivity index (χ4v) is 2.37. The van der Waals surface area contributed by atoms with E-state index in [2.05, 4.69) is 19.0 Å². The number of benzene rings is 1. The van der Waals surface area contributed by atoms with Crippen LogP contribution in [0.3, 0.4) is 0 Å². The lowest BCUT2D eigenvalue weighted by Crippen LogP contribution is -2.00. The Morgan fingerprint density at radius 3 is 2.58 bits per heavy atom. The molecule has 2 rings (SSSR count). The summed E-state index contributed by atoms with van der Waals surface area (Å²) in [5, 5.41) is 4.40. The lowest BCUT2D eigenvalue weighted by atomic mass is 9.93. The average molecular weight is 281 g/mol. The number of aromatic nitrogens is 1. The number of hydrogen-bond acceptors (Lipinski definition) is 4. The van der Waals surface area contributed by atoms with Crippen molar-refractivity contribution in [2.24, 2.45) is 0 Å². The minimum absolute atomic E-state index is 0.262. The second-order valence-electron chi connectivity index (χ2n) is 4.74. The zero-order valence-corrected chi connectivity index (χ0v) is 12.2. The van der Waals surface area contributed by atoms with E-state index < -0.39 is 0 Å². The lowest BCUT2D eigenvalue weighted by molar-refractivity contribution is 0.409. The molecule has 0 saturated heterocycles. The van der Waals surface area contributed by atoms with Crippen molar-refractivity contribution in [3.63, 3.8) is 0 Å². The van der Waals surface area contributed by atoms with Crippen LogP contribution in [0.15, 0.2) is 16.8 Å². The summed E-state index contributed by atoms with van der Waals surface area (Å²) >= 11 is 6.31. The van der Waals surface area contributed by atoms with Gasteiger partial charge in [-0.3, -0.25) is 0 Å². The van der Waals surface area contributed by atoms with Crippen molar-refractivity contribution >= 4 is 17.5 Å². The molecule has 1 heterocycles. The number of nitrogens with two attached hydrogens (primary N) is 1. The third-order valence-electron chi connectivity index (χ3n) is 3.20. The van der Waals surface area contributed by atoms with Gasteiger partial charge in [-0.1, -0.05) is 30.6 Å². The van der Waals surface area contributed by atoms with Crippen molar-refractivity contribution in [1.29, 1.82) is 0 Å². The molecule has 0 aliphatic rings. The fraction of sp³-hybridized carbons (Fsp3) is 0.357. The van der Waals surface area contributed by atoms with Crippen LogP contribution in [0.5, 0.6) is 5.75 Å². The van der Waals surface area contributed by atoms with Gasteiger partial charge in [-0.2, -0.15) is 0 Å². The van der Waals surface area contributed by atoms with E-state index in [1.165, 1.54) is 0 Å². The number of methoxy groups -OCH3 is 1. The summed E-state index contributed by atoms with van der Waals surface area (Å²) in [5.74, 6) is 1.32. The van der Waals surface area contributed by atoms with Crippen LogP contribution in [0.4, 0.5) is 5.88 Å². The maximum atomic E-state index is 6.31. The largest absolute Gasteiger partial charge is 0.496 e. The van der Waals surface area contributed by atoms with Gasteiger partial charge in [0.15, 0.2) is 0 Å². The molecule has 0 spiro atoms. The van der Waals surface area contributed by atoms with E-state index >= 15 is 0 Å². The van der Waals surface area contributed by atoms with Crippen LogP contribution < -0.4 is 10.5 Å². The van der Waals surface area contributed by atoms with Crippen LogP contribution >= 0.6 is 11.6 Å². The zero-order chi connectivity index (χ0) is 14.2. The molecule has 0 aliphatic heterocycles. The van der Waals surface area contributed by atoms with Crippen LogP contribution in [0.1, 0.15) is 30.9 Å². The molecule has 0 saturated carbocycles. The first-order valence-corrected chi connectivity index (χ1v) is 6.42. The van der Waals surface area contributed by atoms with E-state index in [4.69, 9.17) is 26.6 Å². The summed E-state index contributed by atoms with van der Waals surface area (Å²) in [6.45, 7) is 6.10. The average Bonchev–Trinajstić information content (AvgIpc) is 2.77. The van der Waals surface area contributed by atoms with Crippen molar-refractivity contribution in [1.82, 2.24) is 5.16 Å². The SMILES string of the molecule is COc1c(C(C)C)cc(Cl)c(C)c1-c1cnoc1N. The molecular weight excluding hydrogens is 264 g/mol. The molecule has 19 heavy (non-hydrogen) atoms. The molecule has 0 fully saturated rings. The minimum atomic E-state index is 0.262. The number of nitrogens with zero attached hydrogens (tertiary/aromatic N) is 1. The van der Waals surface area contributed by atoms with Crippen LogP contribution in [-0.2, 0) is 0 Å². The Hall–Kier alpha value is -1.68. The first-order chi connectivity index (χ1) is 8.97. The van der Waals surface area contributed by atoms with Gasteiger partial charge in [0.1, 0.15) is 5.75 Å². The van der Waals surface area contributed by atoms with Crippen LogP contribution in [0.2, 0.25) is 5.02 Å². The number of rotatable bonds is 3. The third kappa shape index (κ3) is 2.28. The van der Waals surface area contributed by atoms with Gasteiger partial charge in [0.2, 0.25) is 5.88 Å². The van der Waals surface area contributed by atoms with Gasteiger partial charge in [-0.15, -0.1) is 0 Å². The van der Waals surface area contributed by atoms with Crippen LogP contribution in [-0.4, -0.2) is 12.3 Å². The maximum Gasteiger partial charge on any atom is 0.230 e. The van der Waals surface area contributed by atoms with Gasteiger partial charge in [-0.25, -0.2) is 0 Å². The van der Waals surface area contributed by atoms with Gasteiger partial charge in [0.05, 0.1) is 18.9 Å². The monoisotopic (exact) mass is 280 g/mol. The zero-order valence-electron chi connectivity index (χ0n) is 11.5. The van der Waals surface area contributed by atoms with E-state index in [9.17, 15) is 0 Å². The molecule has 1 aromatic carbocycles. The van der Waals surface area contributed by atoms with Gasteiger partial charge in [0.25, 0.3) is 0 Å². The Kier molecular flexibility index (Phi) is 3.71. The van der Waals surface area contributed by atoms with Gasteiger partial charge in [-0.05, 0) is 30.0 Å².